The van der Waals surface area contributed by atoms with Gasteiger partial charge >= 0.3 is 0 Å². The molecule has 102 valence electrons. The molecule has 0 bridgehead atoms. The summed E-state index contributed by atoms with van der Waals surface area (Å²) in [6, 6.07) is 0.211. The van der Waals surface area contributed by atoms with E-state index in [4.69, 9.17) is 10.6 Å². The van der Waals surface area contributed by atoms with Crippen molar-refractivity contribution in [2.45, 2.75) is 39.3 Å². The standard InChI is InChI=1S/C12H23N5O/c1-9(2)6-17-12(14-8-15-17)5-11(16-13)10-3-4-18-7-10/h8-11,16H,3-7,13H2,1-2H3. The molecule has 6 heteroatoms. The van der Waals surface area contributed by atoms with Crippen LogP contribution in [0.3, 0.4) is 0 Å². The maximum absolute atomic E-state index is 5.66. The number of hydrogen-bond donors (Lipinski definition) is 2. The van der Waals surface area contributed by atoms with Gasteiger partial charge in [-0.05, 0) is 12.3 Å². The van der Waals surface area contributed by atoms with Gasteiger partial charge in [-0.2, -0.15) is 5.10 Å². The van der Waals surface area contributed by atoms with E-state index >= 15 is 0 Å². The SMILES string of the molecule is CC(C)Cn1ncnc1CC(NN)C1CCOC1. The fraction of sp³-hybridized carbons (Fsp3) is 0.833. The van der Waals surface area contributed by atoms with Crippen LogP contribution in [0.4, 0.5) is 0 Å². The third-order valence-corrected chi connectivity index (χ3v) is 3.38. The molecule has 1 saturated heterocycles. The van der Waals surface area contributed by atoms with E-state index in [9.17, 15) is 0 Å². The first-order valence-corrected chi connectivity index (χ1v) is 6.61. The van der Waals surface area contributed by atoms with Gasteiger partial charge in [0.25, 0.3) is 0 Å². The first-order chi connectivity index (χ1) is 8.70. The largest absolute Gasteiger partial charge is 0.381 e. The smallest absolute Gasteiger partial charge is 0.138 e. The predicted molar refractivity (Wildman–Crippen MR) is 68.6 cm³/mol. The van der Waals surface area contributed by atoms with Crippen LogP contribution in [0, 0.1) is 11.8 Å². The minimum atomic E-state index is 0.211. The van der Waals surface area contributed by atoms with Crippen LogP contribution < -0.4 is 11.3 Å². The number of hydrogen-bond acceptors (Lipinski definition) is 5. The molecule has 1 aliphatic rings. The first kappa shape index (κ1) is 13.5. The molecule has 0 saturated carbocycles. The minimum Gasteiger partial charge on any atom is -0.381 e. The van der Waals surface area contributed by atoms with E-state index in [1.54, 1.807) is 6.33 Å². The van der Waals surface area contributed by atoms with Gasteiger partial charge in [-0.3, -0.25) is 11.3 Å². The fourth-order valence-corrected chi connectivity index (χ4v) is 2.37. The van der Waals surface area contributed by atoms with Crippen LogP contribution in [0.2, 0.25) is 0 Å². The minimum absolute atomic E-state index is 0.211. The summed E-state index contributed by atoms with van der Waals surface area (Å²) in [5, 5.41) is 4.28. The molecule has 3 N–H and O–H groups in total. The monoisotopic (exact) mass is 253 g/mol. The zero-order valence-electron chi connectivity index (χ0n) is 11.2. The lowest BCUT2D eigenvalue weighted by Crippen LogP contribution is -2.43. The van der Waals surface area contributed by atoms with E-state index in [0.717, 1.165) is 38.4 Å². The Hall–Kier alpha value is -0.980. The lowest BCUT2D eigenvalue weighted by molar-refractivity contribution is 0.176. The second-order valence-electron chi connectivity index (χ2n) is 5.35. The zero-order chi connectivity index (χ0) is 13.0. The molecule has 1 aromatic heterocycles. The molecule has 18 heavy (non-hydrogen) atoms. The van der Waals surface area contributed by atoms with Crippen molar-refractivity contribution in [1.82, 2.24) is 20.2 Å². The molecule has 2 unspecified atom stereocenters. The Labute approximate surface area is 108 Å². The summed E-state index contributed by atoms with van der Waals surface area (Å²) in [4.78, 5) is 4.34. The number of nitrogens with two attached hydrogens (primary N) is 1. The normalized spacial score (nSPS) is 21.7. The van der Waals surface area contributed by atoms with Crippen LogP contribution in [-0.2, 0) is 17.7 Å². The quantitative estimate of drug-likeness (QED) is 0.565. The summed E-state index contributed by atoms with van der Waals surface area (Å²) in [5.74, 6) is 7.69. The first-order valence-electron chi connectivity index (χ1n) is 6.61. The van der Waals surface area contributed by atoms with Crippen LogP contribution in [-0.4, -0.2) is 34.0 Å². The Morgan fingerprint density at radius 1 is 1.61 bits per heavy atom. The van der Waals surface area contributed by atoms with E-state index in [1.807, 2.05) is 4.68 Å². The Morgan fingerprint density at radius 3 is 3.06 bits per heavy atom. The topological polar surface area (TPSA) is 78.0 Å². The average Bonchev–Trinajstić information content (AvgIpc) is 2.96. The van der Waals surface area contributed by atoms with Gasteiger partial charge in [0.15, 0.2) is 0 Å². The second-order valence-corrected chi connectivity index (χ2v) is 5.35. The van der Waals surface area contributed by atoms with Gasteiger partial charge in [0.2, 0.25) is 0 Å². The summed E-state index contributed by atoms with van der Waals surface area (Å²) in [7, 11) is 0. The van der Waals surface area contributed by atoms with Crippen molar-refractivity contribution < 1.29 is 4.74 Å². The van der Waals surface area contributed by atoms with Crippen LogP contribution in [0.1, 0.15) is 26.1 Å². The van der Waals surface area contributed by atoms with Crippen molar-refractivity contribution in [3.05, 3.63) is 12.2 Å². The molecule has 0 aromatic carbocycles. The van der Waals surface area contributed by atoms with E-state index in [1.165, 1.54) is 0 Å². The third-order valence-electron chi connectivity index (χ3n) is 3.38. The van der Waals surface area contributed by atoms with Gasteiger partial charge < -0.3 is 4.74 Å². The van der Waals surface area contributed by atoms with Crippen LogP contribution >= 0.6 is 0 Å². The van der Waals surface area contributed by atoms with Crippen molar-refractivity contribution in [3.8, 4) is 0 Å². The van der Waals surface area contributed by atoms with Crippen molar-refractivity contribution in [3.63, 3.8) is 0 Å². The molecule has 0 spiro atoms. The van der Waals surface area contributed by atoms with Gasteiger partial charge in [0.05, 0.1) is 6.61 Å². The Morgan fingerprint density at radius 2 is 2.44 bits per heavy atom. The summed E-state index contributed by atoms with van der Waals surface area (Å²) in [6.07, 6.45) is 3.49. The maximum Gasteiger partial charge on any atom is 0.138 e. The third kappa shape index (κ3) is 3.28. The predicted octanol–water partition coefficient (Wildman–Crippen LogP) is 0.345. The van der Waals surface area contributed by atoms with E-state index < -0.39 is 0 Å². The molecule has 1 aliphatic heterocycles. The van der Waals surface area contributed by atoms with Crippen molar-refractivity contribution in [1.29, 1.82) is 0 Å². The number of hydrazine groups is 1. The van der Waals surface area contributed by atoms with Crippen molar-refractivity contribution in [2.75, 3.05) is 13.2 Å². The van der Waals surface area contributed by atoms with Crippen LogP contribution in [0.5, 0.6) is 0 Å². The number of nitrogens with zero attached hydrogens (tertiary/aromatic N) is 3. The summed E-state index contributed by atoms with van der Waals surface area (Å²) >= 11 is 0. The average molecular weight is 253 g/mol. The second kappa shape index (κ2) is 6.26. The van der Waals surface area contributed by atoms with E-state index in [2.05, 4.69) is 29.4 Å². The van der Waals surface area contributed by atoms with Gasteiger partial charge in [-0.15, -0.1) is 0 Å². The van der Waals surface area contributed by atoms with Crippen molar-refractivity contribution in [2.24, 2.45) is 17.7 Å². The Kier molecular flexibility index (Phi) is 4.68. The molecule has 6 nitrogen and oxygen atoms in total. The Bertz CT molecular complexity index is 359. The number of nitrogens with one attached hydrogen (secondary N) is 1. The summed E-state index contributed by atoms with van der Waals surface area (Å²) in [6.45, 7) is 6.87. The number of rotatable bonds is 6. The highest BCUT2D eigenvalue weighted by Crippen LogP contribution is 2.19. The summed E-state index contributed by atoms with van der Waals surface area (Å²) in [5.41, 5.74) is 2.90. The van der Waals surface area contributed by atoms with Crippen LogP contribution in [0.15, 0.2) is 6.33 Å². The molecule has 2 heterocycles. The van der Waals surface area contributed by atoms with Gasteiger partial charge in [-0.1, -0.05) is 13.8 Å². The lowest BCUT2D eigenvalue weighted by atomic mass is 9.96. The zero-order valence-corrected chi connectivity index (χ0v) is 11.2. The van der Waals surface area contributed by atoms with E-state index in [-0.39, 0.29) is 6.04 Å². The summed E-state index contributed by atoms with van der Waals surface area (Å²) < 4.78 is 7.39. The van der Waals surface area contributed by atoms with Gasteiger partial charge in [0.1, 0.15) is 12.2 Å². The highest BCUT2D eigenvalue weighted by atomic mass is 16.5. The number of ether oxygens (including phenoxy) is 1. The molecule has 2 atom stereocenters. The molecule has 0 radical (unpaired) electrons. The van der Waals surface area contributed by atoms with Crippen LogP contribution in [0.25, 0.3) is 0 Å². The molecule has 0 aliphatic carbocycles. The molecule has 2 rings (SSSR count). The molecule has 0 amide bonds. The molecular formula is C12H23N5O. The lowest BCUT2D eigenvalue weighted by Gasteiger charge is -2.21. The highest BCUT2D eigenvalue weighted by Gasteiger charge is 2.26. The van der Waals surface area contributed by atoms with Crippen molar-refractivity contribution >= 4 is 0 Å². The van der Waals surface area contributed by atoms with Gasteiger partial charge in [0, 0.05) is 31.5 Å². The molecule has 1 fully saturated rings. The molecule has 1 aromatic rings. The number of aromatic nitrogens is 3. The Balaban J connectivity index is 2.00. The van der Waals surface area contributed by atoms with E-state index in [0.29, 0.717) is 11.8 Å². The highest BCUT2D eigenvalue weighted by molar-refractivity contribution is 4.92. The molecular weight excluding hydrogens is 230 g/mol. The fourth-order valence-electron chi connectivity index (χ4n) is 2.37. The van der Waals surface area contributed by atoms with Gasteiger partial charge in [-0.25, -0.2) is 9.67 Å². The maximum atomic E-state index is 5.66.